The number of ether oxygens (including phenoxy) is 6. The maximum Gasteiger partial charge on any atom is 0.333 e. The van der Waals surface area contributed by atoms with E-state index >= 15 is 0 Å². The lowest BCUT2D eigenvalue weighted by Crippen LogP contribution is -2.31. The van der Waals surface area contributed by atoms with Crippen molar-refractivity contribution in [3.05, 3.63) is 158 Å². The van der Waals surface area contributed by atoms with Gasteiger partial charge in [-0.1, -0.05) is 104 Å². The van der Waals surface area contributed by atoms with Gasteiger partial charge in [-0.05, 0) is 72.5 Å². The van der Waals surface area contributed by atoms with Crippen molar-refractivity contribution in [2.45, 2.75) is 26.1 Å². The summed E-state index contributed by atoms with van der Waals surface area (Å²) >= 11 is 0. The van der Waals surface area contributed by atoms with Crippen molar-refractivity contribution in [1.29, 1.82) is 0 Å². The number of esters is 2. The van der Waals surface area contributed by atoms with Gasteiger partial charge in [-0.2, -0.15) is 0 Å². The Morgan fingerprint density at radius 3 is 1.12 bits per heavy atom. The monoisotopic (exact) mass is 698 g/mol. The molecule has 0 saturated heterocycles. The Bertz CT molecular complexity index is 1780. The Kier molecular flexibility index (Phi) is 13.3. The second-order valence-electron chi connectivity index (χ2n) is 12.1. The highest BCUT2D eigenvalue weighted by molar-refractivity contribution is 5.87. The molecule has 5 aromatic carbocycles. The molecule has 5 rings (SSSR count). The van der Waals surface area contributed by atoms with E-state index in [-0.39, 0.29) is 37.6 Å². The molecule has 0 amide bonds. The summed E-state index contributed by atoms with van der Waals surface area (Å²) in [6.07, 6.45) is -1.46. The molecule has 0 radical (unpaired) electrons. The zero-order valence-corrected chi connectivity index (χ0v) is 29.4. The van der Waals surface area contributed by atoms with Gasteiger partial charge in [0.1, 0.15) is 49.4 Å². The lowest BCUT2D eigenvalue weighted by Gasteiger charge is -2.20. The van der Waals surface area contributed by atoms with E-state index in [0.29, 0.717) is 23.0 Å². The topological polar surface area (TPSA) is 89.5 Å². The molecule has 0 spiro atoms. The van der Waals surface area contributed by atoms with Crippen LogP contribution in [0.4, 0.5) is 0 Å². The smallest absolute Gasteiger partial charge is 0.333 e. The molecule has 52 heavy (non-hydrogen) atoms. The Hall–Kier alpha value is -6.28. The van der Waals surface area contributed by atoms with Crippen LogP contribution in [0.2, 0.25) is 0 Å². The fourth-order valence-corrected chi connectivity index (χ4v) is 4.90. The van der Waals surface area contributed by atoms with E-state index in [0.717, 1.165) is 22.3 Å². The molecule has 0 aromatic heterocycles. The van der Waals surface area contributed by atoms with Crippen LogP contribution in [0.25, 0.3) is 22.3 Å². The highest BCUT2D eigenvalue weighted by atomic mass is 16.6. The van der Waals surface area contributed by atoms with Crippen molar-refractivity contribution in [3.8, 4) is 45.3 Å². The third-order valence-corrected chi connectivity index (χ3v) is 7.72. The fraction of sp³-hybridized carbons (Fsp3) is 0.182. The minimum absolute atomic E-state index is 0.0142. The molecular weight excluding hydrogens is 656 g/mol. The van der Waals surface area contributed by atoms with Crippen LogP contribution in [0, 0.1) is 0 Å². The highest BCUT2D eigenvalue weighted by Gasteiger charge is 2.20. The van der Waals surface area contributed by atoms with Crippen LogP contribution in [-0.4, -0.2) is 50.6 Å². The van der Waals surface area contributed by atoms with Gasteiger partial charge < -0.3 is 28.4 Å². The summed E-state index contributed by atoms with van der Waals surface area (Å²) in [4.78, 5) is 24.8. The molecule has 0 saturated carbocycles. The van der Waals surface area contributed by atoms with Crippen molar-refractivity contribution >= 4 is 11.9 Å². The van der Waals surface area contributed by atoms with Gasteiger partial charge in [0, 0.05) is 17.2 Å². The summed E-state index contributed by atoms with van der Waals surface area (Å²) in [6.45, 7) is 10.7. The van der Waals surface area contributed by atoms with Crippen LogP contribution in [-0.2, 0) is 19.1 Å². The maximum atomic E-state index is 12.4. The van der Waals surface area contributed by atoms with Crippen molar-refractivity contribution in [2.75, 3.05) is 26.4 Å². The summed E-state index contributed by atoms with van der Waals surface area (Å²) in [7, 11) is 0. The first-order chi connectivity index (χ1) is 25.2. The van der Waals surface area contributed by atoms with Gasteiger partial charge in [-0.15, -0.1) is 0 Å². The molecule has 2 atom stereocenters. The van der Waals surface area contributed by atoms with Crippen LogP contribution in [0.3, 0.4) is 0 Å². The van der Waals surface area contributed by atoms with E-state index in [4.69, 9.17) is 28.4 Å². The molecular formula is C44H42O8. The molecule has 8 heteroatoms. The molecule has 2 unspecified atom stereocenters. The van der Waals surface area contributed by atoms with Gasteiger partial charge in [0.05, 0.1) is 0 Å². The Balaban J connectivity index is 1.17. The molecule has 266 valence electrons. The predicted octanol–water partition coefficient (Wildman–Crippen LogP) is 8.91. The van der Waals surface area contributed by atoms with Crippen molar-refractivity contribution < 1.29 is 38.0 Å². The number of hydrogen-bond acceptors (Lipinski definition) is 8. The maximum absolute atomic E-state index is 12.4. The van der Waals surface area contributed by atoms with E-state index in [1.54, 1.807) is 38.1 Å². The van der Waals surface area contributed by atoms with Crippen molar-refractivity contribution in [2.24, 2.45) is 0 Å². The summed E-state index contributed by atoms with van der Waals surface area (Å²) < 4.78 is 35.2. The van der Waals surface area contributed by atoms with Gasteiger partial charge in [-0.3, -0.25) is 0 Å². The van der Waals surface area contributed by atoms with E-state index in [9.17, 15) is 9.59 Å². The van der Waals surface area contributed by atoms with Crippen LogP contribution < -0.4 is 18.9 Å². The Morgan fingerprint density at radius 2 is 0.769 bits per heavy atom. The highest BCUT2D eigenvalue weighted by Crippen LogP contribution is 2.25. The Labute approximate surface area is 304 Å². The van der Waals surface area contributed by atoms with Crippen LogP contribution in [0.15, 0.2) is 158 Å². The molecule has 0 aliphatic heterocycles. The van der Waals surface area contributed by atoms with E-state index in [2.05, 4.69) is 13.2 Å². The van der Waals surface area contributed by atoms with Gasteiger partial charge >= 0.3 is 11.9 Å². The lowest BCUT2D eigenvalue weighted by molar-refractivity contribution is -0.148. The Morgan fingerprint density at radius 1 is 0.442 bits per heavy atom. The first-order valence-corrected chi connectivity index (χ1v) is 16.9. The molecule has 0 aliphatic rings. The fourth-order valence-electron chi connectivity index (χ4n) is 4.90. The molecule has 0 fully saturated rings. The SMILES string of the molecule is C=C(C)C(=O)OC(COc1ccc(-c2ccccc2)cc1)COc1cccc(OCC(COc2ccc(-c3ccccc3)cc2)OC(=O)C(=C)C)c1. The first kappa shape index (κ1) is 37.0. The first-order valence-electron chi connectivity index (χ1n) is 16.9. The quantitative estimate of drug-likeness (QED) is 0.0662. The second-order valence-corrected chi connectivity index (χ2v) is 12.1. The summed E-state index contributed by atoms with van der Waals surface area (Å²) in [5.41, 5.74) is 4.85. The minimum atomic E-state index is -0.729. The van der Waals surface area contributed by atoms with E-state index in [1.807, 2.05) is 109 Å². The summed E-state index contributed by atoms with van der Waals surface area (Å²) in [5.74, 6) is 1.12. The van der Waals surface area contributed by atoms with Crippen LogP contribution in [0.5, 0.6) is 23.0 Å². The van der Waals surface area contributed by atoms with Gasteiger partial charge in [0.25, 0.3) is 0 Å². The van der Waals surface area contributed by atoms with E-state index < -0.39 is 24.1 Å². The summed E-state index contributed by atoms with van der Waals surface area (Å²) in [6, 6.07) is 42.4. The van der Waals surface area contributed by atoms with Gasteiger partial charge in [0.15, 0.2) is 12.2 Å². The van der Waals surface area contributed by atoms with Gasteiger partial charge in [0.2, 0.25) is 0 Å². The normalized spacial score (nSPS) is 11.7. The standard InChI is InChI=1S/C44H42O8/c1-31(2)43(45)51-41(27-47-37-22-18-35(19-23-37)33-12-7-5-8-13-33)29-49-39-16-11-17-40(26-39)50-30-42(52-44(46)32(3)4)28-48-38-24-20-36(21-25-38)34-14-9-6-10-15-34/h5-26,41-42H,1,3,27-30H2,2,4H3. The minimum Gasteiger partial charge on any atom is -0.490 e. The average molecular weight is 699 g/mol. The van der Waals surface area contributed by atoms with Gasteiger partial charge in [-0.25, -0.2) is 9.59 Å². The number of rotatable bonds is 18. The van der Waals surface area contributed by atoms with Crippen LogP contribution in [0.1, 0.15) is 13.8 Å². The number of carbonyl (C=O) groups excluding carboxylic acids is 2. The second kappa shape index (κ2) is 18.6. The number of benzene rings is 5. The molecule has 0 bridgehead atoms. The lowest BCUT2D eigenvalue weighted by atomic mass is 10.1. The molecule has 0 aliphatic carbocycles. The van der Waals surface area contributed by atoms with Crippen LogP contribution >= 0.6 is 0 Å². The molecule has 5 aromatic rings. The van der Waals surface area contributed by atoms with Crippen molar-refractivity contribution in [3.63, 3.8) is 0 Å². The third kappa shape index (κ3) is 11.4. The number of carbonyl (C=O) groups is 2. The summed E-state index contributed by atoms with van der Waals surface area (Å²) in [5, 5.41) is 0. The number of hydrogen-bond donors (Lipinski definition) is 0. The molecule has 8 nitrogen and oxygen atoms in total. The molecule has 0 N–H and O–H groups in total. The third-order valence-electron chi connectivity index (χ3n) is 7.72. The molecule has 0 heterocycles. The zero-order valence-electron chi connectivity index (χ0n) is 29.4. The van der Waals surface area contributed by atoms with Crippen molar-refractivity contribution in [1.82, 2.24) is 0 Å². The largest absolute Gasteiger partial charge is 0.490 e. The van der Waals surface area contributed by atoms with E-state index in [1.165, 1.54) is 0 Å². The predicted molar refractivity (Wildman–Crippen MR) is 202 cm³/mol. The zero-order chi connectivity index (χ0) is 36.7. The average Bonchev–Trinajstić information content (AvgIpc) is 3.18.